The van der Waals surface area contributed by atoms with Gasteiger partial charge < -0.3 is 10.1 Å². The van der Waals surface area contributed by atoms with E-state index in [1.165, 1.54) is 6.07 Å². The maximum absolute atomic E-state index is 13.5. The minimum absolute atomic E-state index is 0.220. The number of nitrogens with one attached hydrogen (secondary N) is 1. The predicted octanol–water partition coefficient (Wildman–Crippen LogP) is 2.65. The first kappa shape index (κ1) is 13.1. The van der Waals surface area contributed by atoms with Crippen LogP contribution in [0.2, 0.25) is 0 Å². The van der Waals surface area contributed by atoms with Crippen LogP contribution < -0.4 is 5.32 Å². The Morgan fingerprint density at radius 3 is 2.75 bits per heavy atom. The van der Waals surface area contributed by atoms with Gasteiger partial charge in [-0.15, -0.1) is 0 Å². The molecule has 0 aromatic heterocycles. The summed E-state index contributed by atoms with van der Waals surface area (Å²) in [5.74, 6) is -1.59. The molecule has 2 nitrogen and oxygen atoms in total. The molecule has 0 aliphatic heterocycles. The molecule has 4 heteroatoms. The number of hydrogen-bond donors (Lipinski definition) is 1. The molecule has 90 valence electrons. The van der Waals surface area contributed by atoms with E-state index >= 15 is 0 Å². The van der Waals surface area contributed by atoms with Crippen molar-refractivity contribution in [2.75, 3.05) is 20.3 Å². The van der Waals surface area contributed by atoms with Gasteiger partial charge in [-0.05, 0) is 26.5 Å². The van der Waals surface area contributed by atoms with Crippen LogP contribution in [-0.4, -0.2) is 20.3 Å². The number of benzene rings is 1. The van der Waals surface area contributed by atoms with Gasteiger partial charge >= 0.3 is 0 Å². The van der Waals surface area contributed by atoms with Gasteiger partial charge in [-0.1, -0.05) is 12.1 Å². The summed E-state index contributed by atoms with van der Waals surface area (Å²) >= 11 is 0. The van der Waals surface area contributed by atoms with Crippen LogP contribution in [0.4, 0.5) is 8.78 Å². The standard InChI is InChI=1S/C12H17F2NO/c1-3-16-8-7-11(15-2)9-5-4-6-10(13)12(9)14/h4-6,11,15H,3,7-8H2,1-2H3. The monoisotopic (exact) mass is 229 g/mol. The minimum Gasteiger partial charge on any atom is -0.382 e. The minimum atomic E-state index is -0.811. The van der Waals surface area contributed by atoms with E-state index in [2.05, 4.69) is 5.32 Å². The van der Waals surface area contributed by atoms with Crippen molar-refractivity contribution in [3.8, 4) is 0 Å². The summed E-state index contributed by atoms with van der Waals surface area (Å²) < 4.78 is 31.7. The van der Waals surface area contributed by atoms with E-state index in [9.17, 15) is 8.78 Å². The van der Waals surface area contributed by atoms with Gasteiger partial charge in [0.1, 0.15) is 0 Å². The van der Waals surface area contributed by atoms with Gasteiger partial charge in [0.2, 0.25) is 0 Å². The second kappa shape index (κ2) is 6.55. The van der Waals surface area contributed by atoms with Crippen LogP contribution in [0.1, 0.15) is 24.9 Å². The average molecular weight is 229 g/mol. The molecule has 0 radical (unpaired) electrons. The van der Waals surface area contributed by atoms with Crippen LogP contribution in [0.3, 0.4) is 0 Å². The highest BCUT2D eigenvalue weighted by atomic mass is 19.2. The zero-order valence-corrected chi connectivity index (χ0v) is 9.59. The highest BCUT2D eigenvalue weighted by molar-refractivity contribution is 5.22. The Bertz CT molecular complexity index is 331. The normalized spacial score (nSPS) is 12.8. The van der Waals surface area contributed by atoms with Gasteiger partial charge in [0.15, 0.2) is 11.6 Å². The van der Waals surface area contributed by atoms with Gasteiger partial charge in [-0.2, -0.15) is 0 Å². The molecule has 0 saturated carbocycles. The van der Waals surface area contributed by atoms with Crippen LogP contribution in [0.5, 0.6) is 0 Å². The van der Waals surface area contributed by atoms with Gasteiger partial charge in [0.25, 0.3) is 0 Å². The molecule has 1 rings (SSSR count). The van der Waals surface area contributed by atoms with Crippen molar-refractivity contribution in [1.82, 2.24) is 5.32 Å². The van der Waals surface area contributed by atoms with Gasteiger partial charge in [0, 0.05) is 24.8 Å². The molecule has 1 aromatic rings. The second-order valence-corrected chi connectivity index (χ2v) is 3.47. The highest BCUT2D eigenvalue weighted by Crippen LogP contribution is 2.21. The summed E-state index contributed by atoms with van der Waals surface area (Å²) in [6.45, 7) is 3.05. The molecule has 16 heavy (non-hydrogen) atoms. The quantitative estimate of drug-likeness (QED) is 0.757. The fourth-order valence-electron chi connectivity index (χ4n) is 1.59. The largest absolute Gasteiger partial charge is 0.382 e. The van der Waals surface area contributed by atoms with Crippen LogP contribution in [0, 0.1) is 11.6 Å². The molecule has 0 heterocycles. The van der Waals surface area contributed by atoms with Gasteiger partial charge in [0.05, 0.1) is 0 Å². The molecule has 0 bridgehead atoms. The molecule has 0 amide bonds. The third kappa shape index (κ3) is 3.25. The molecular weight excluding hydrogens is 212 g/mol. The first-order chi connectivity index (χ1) is 7.70. The number of halogens is 2. The Labute approximate surface area is 94.6 Å². The third-order valence-corrected chi connectivity index (χ3v) is 2.46. The fourth-order valence-corrected chi connectivity index (χ4v) is 1.59. The lowest BCUT2D eigenvalue weighted by molar-refractivity contribution is 0.136. The average Bonchev–Trinajstić information content (AvgIpc) is 2.29. The maximum Gasteiger partial charge on any atom is 0.163 e. The molecule has 1 atom stereocenters. The Morgan fingerprint density at radius 2 is 2.12 bits per heavy atom. The summed E-state index contributed by atoms with van der Waals surface area (Å²) in [6.07, 6.45) is 0.616. The van der Waals surface area contributed by atoms with Crippen molar-refractivity contribution < 1.29 is 13.5 Å². The number of ether oxygens (including phenoxy) is 1. The van der Waals surface area contributed by atoms with E-state index in [0.717, 1.165) is 6.07 Å². The number of hydrogen-bond acceptors (Lipinski definition) is 2. The van der Waals surface area contributed by atoms with Crippen LogP contribution in [0.15, 0.2) is 18.2 Å². The van der Waals surface area contributed by atoms with Crippen LogP contribution >= 0.6 is 0 Å². The Hall–Kier alpha value is -1.00. The van der Waals surface area contributed by atoms with Crippen LogP contribution in [-0.2, 0) is 4.74 Å². The van der Waals surface area contributed by atoms with E-state index < -0.39 is 11.6 Å². The molecule has 0 spiro atoms. The zero-order valence-electron chi connectivity index (χ0n) is 9.59. The van der Waals surface area contributed by atoms with E-state index in [1.807, 2.05) is 6.92 Å². The summed E-state index contributed by atoms with van der Waals surface area (Å²) in [5.41, 5.74) is 0.349. The molecule has 0 aliphatic rings. The lowest BCUT2D eigenvalue weighted by Crippen LogP contribution is -2.20. The predicted molar refractivity (Wildman–Crippen MR) is 59.3 cm³/mol. The SMILES string of the molecule is CCOCCC(NC)c1cccc(F)c1F. The second-order valence-electron chi connectivity index (χ2n) is 3.47. The molecular formula is C12H17F2NO. The van der Waals surface area contributed by atoms with Crippen molar-refractivity contribution in [3.63, 3.8) is 0 Å². The van der Waals surface area contributed by atoms with Gasteiger partial charge in [-0.25, -0.2) is 8.78 Å². The van der Waals surface area contributed by atoms with Crippen molar-refractivity contribution in [2.45, 2.75) is 19.4 Å². The Kier molecular flexibility index (Phi) is 5.35. The smallest absolute Gasteiger partial charge is 0.163 e. The van der Waals surface area contributed by atoms with Crippen molar-refractivity contribution in [1.29, 1.82) is 0 Å². The van der Waals surface area contributed by atoms with Gasteiger partial charge in [-0.3, -0.25) is 0 Å². The first-order valence-electron chi connectivity index (χ1n) is 5.39. The fraction of sp³-hybridized carbons (Fsp3) is 0.500. The molecule has 1 aromatic carbocycles. The van der Waals surface area contributed by atoms with Crippen molar-refractivity contribution in [3.05, 3.63) is 35.4 Å². The molecule has 1 N–H and O–H groups in total. The topological polar surface area (TPSA) is 21.3 Å². The van der Waals surface area contributed by atoms with Crippen molar-refractivity contribution in [2.24, 2.45) is 0 Å². The molecule has 0 fully saturated rings. The third-order valence-electron chi connectivity index (χ3n) is 2.46. The molecule has 1 unspecified atom stereocenters. The lowest BCUT2D eigenvalue weighted by atomic mass is 10.0. The lowest BCUT2D eigenvalue weighted by Gasteiger charge is -2.17. The summed E-state index contributed by atoms with van der Waals surface area (Å²) in [4.78, 5) is 0. The Balaban J connectivity index is 2.74. The van der Waals surface area contributed by atoms with Crippen molar-refractivity contribution >= 4 is 0 Å². The van der Waals surface area contributed by atoms with Crippen LogP contribution in [0.25, 0.3) is 0 Å². The summed E-state index contributed by atoms with van der Waals surface area (Å²) in [5, 5.41) is 2.96. The number of rotatable bonds is 6. The van der Waals surface area contributed by atoms with E-state index in [4.69, 9.17) is 4.74 Å². The van der Waals surface area contributed by atoms with E-state index in [-0.39, 0.29) is 6.04 Å². The molecule has 0 saturated heterocycles. The van der Waals surface area contributed by atoms with E-state index in [0.29, 0.717) is 25.2 Å². The Morgan fingerprint density at radius 1 is 1.38 bits per heavy atom. The molecule has 0 aliphatic carbocycles. The summed E-state index contributed by atoms with van der Waals surface area (Å²) in [6, 6.07) is 4.00. The maximum atomic E-state index is 13.5. The first-order valence-corrected chi connectivity index (χ1v) is 5.39. The zero-order chi connectivity index (χ0) is 12.0. The summed E-state index contributed by atoms with van der Waals surface area (Å²) in [7, 11) is 1.72. The van der Waals surface area contributed by atoms with E-state index in [1.54, 1.807) is 13.1 Å². The highest BCUT2D eigenvalue weighted by Gasteiger charge is 2.16.